The van der Waals surface area contributed by atoms with Crippen LogP contribution in [-0.4, -0.2) is 28.1 Å². The van der Waals surface area contributed by atoms with Crippen LogP contribution in [-0.2, 0) is 9.59 Å². The Kier molecular flexibility index (Phi) is 4.45. The summed E-state index contributed by atoms with van der Waals surface area (Å²) in [6.07, 6.45) is 5.43. The molecule has 0 amide bonds. The molecule has 4 nitrogen and oxygen atoms in total. The number of allylic oxidation sites excluding steroid dienone is 5. The Morgan fingerprint density at radius 1 is 1.40 bits per heavy atom. The summed E-state index contributed by atoms with van der Waals surface area (Å²) in [5.41, 5.74) is 1.79. The Morgan fingerprint density at radius 2 is 2.12 bits per heavy atom. The summed E-state index contributed by atoms with van der Waals surface area (Å²) in [5.74, 6) is -0.679. The molecule has 3 atom stereocenters. The average molecular weight is 403 g/mol. The number of phenolic OH excluding ortho intramolecular Hbond substituents is 1. The van der Waals surface area contributed by atoms with Gasteiger partial charge in [0.25, 0.3) is 0 Å². The van der Waals surface area contributed by atoms with Crippen molar-refractivity contribution in [2.45, 2.75) is 23.6 Å². The predicted molar refractivity (Wildman–Crippen MR) is 99.2 cm³/mol. The molecule has 2 aliphatic rings. The van der Waals surface area contributed by atoms with Crippen molar-refractivity contribution in [2.24, 2.45) is 5.92 Å². The van der Waals surface area contributed by atoms with Crippen LogP contribution in [0.15, 0.2) is 54.2 Å². The minimum atomic E-state index is -1.15. The van der Waals surface area contributed by atoms with Crippen molar-refractivity contribution < 1.29 is 19.4 Å². The van der Waals surface area contributed by atoms with Crippen LogP contribution in [0.2, 0.25) is 0 Å². The first-order valence-electron chi connectivity index (χ1n) is 7.99. The van der Waals surface area contributed by atoms with Crippen molar-refractivity contribution in [2.75, 3.05) is 7.11 Å². The number of benzene rings is 1. The van der Waals surface area contributed by atoms with Crippen LogP contribution in [0.1, 0.15) is 24.8 Å². The fraction of sp³-hybridized carbons (Fsp3) is 0.300. The molecule has 130 valence electrons. The topological polar surface area (TPSA) is 63.6 Å². The maximum absolute atomic E-state index is 13.0. The van der Waals surface area contributed by atoms with Gasteiger partial charge in [-0.25, -0.2) is 0 Å². The van der Waals surface area contributed by atoms with E-state index in [9.17, 15) is 14.7 Å². The minimum absolute atomic E-state index is 0.0459. The number of fused-ring (bicyclic) bond motifs is 1. The number of carbonyl (C=O) groups excluding carboxylic acids is 2. The summed E-state index contributed by atoms with van der Waals surface area (Å²) in [4.78, 5) is 25.7. The van der Waals surface area contributed by atoms with Crippen molar-refractivity contribution >= 4 is 27.5 Å². The number of carbonyl (C=O) groups is 2. The van der Waals surface area contributed by atoms with Crippen molar-refractivity contribution in [3.8, 4) is 11.5 Å². The van der Waals surface area contributed by atoms with E-state index in [2.05, 4.69) is 22.5 Å². The van der Waals surface area contributed by atoms with E-state index in [0.29, 0.717) is 23.3 Å². The molecule has 1 aromatic rings. The third kappa shape index (κ3) is 2.58. The van der Waals surface area contributed by atoms with E-state index in [4.69, 9.17) is 4.74 Å². The largest absolute Gasteiger partial charge is 0.508 e. The monoisotopic (exact) mass is 402 g/mol. The molecule has 2 aliphatic carbocycles. The van der Waals surface area contributed by atoms with Gasteiger partial charge in [0.15, 0.2) is 11.6 Å². The summed E-state index contributed by atoms with van der Waals surface area (Å²) >= 11 is 3.62. The molecule has 1 N–H and O–H groups in total. The molecule has 0 bridgehead atoms. The van der Waals surface area contributed by atoms with E-state index in [1.807, 2.05) is 6.08 Å². The van der Waals surface area contributed by atoms with Crippen LogP contribution >= 0.6 is 15.9 Å². The fourth-order valence-electron chi connectivity index (χ4n) is 3.75. The number of Topliss-reactive ketones (excluding diaryl/α,β-unsaturated/α-hetero) is 1. The number of methoxy groups -OCH3 is 1. The van der Waals surface area contributed by atoms with Crippen LogP contribution < -0.4 is 4.74 Å². The highest BCUT2D eigenvalue weighted by Gasteiger charge is 2.56. The van der Waals surface area contributed by atoms with Crippen molar-refractivity contribution in [1.29, 1.82) is 0 Å². The van der Waals surface area contributed by atoms with Crippen LogP contribution in [0.5, 0.6) is 11.5 Å². The van der Waals surface area contributed by atoms with Gasteiger partial charge in [0.1, 0.15) is 15.8 Å². The molecule has 0 heterocycles. The molecule has 0 aliphatic heterocycles. The standard InChI is InChI=1S/C20H19BrO4/c1-4-12-5-7-15-19(24)11(2)9-17(23)20(15,21)18(12)14-10-13(25-3)6-8-16(14)22/h4-6,8-10,15,18,22H,1,7H2,2-3H3/t15-,18+,20+/m0/s1. The minimum Gasteiger partial charge on any atom is -0.508 e. The lowest BCUT2D eigenvalue weighted by Crippen LogP contribution is -2.52. The molecule has 25 heavy (non-hydrogen) atoms. The predicted octanol–water partition coefficient (Wildman–Crippen LogP) is 3.85. The quantitative estimate of drug-likeness (QED) is 0.779. The first-order valence-corrected chi connectivity index (χ1v) is 8.79. The molecule has 0 unspecified atom stereocenters. The first-order chi connectivity index (χ1) is 11.8. The summed E-state index contributed by atoms with van der Waals surface area (Å²) in [6.45, 7) is 5.51. The number of hydrogen-bond donors (Lipinski definition) is 1. The average Bonchev–Trinajstić information content (AvgIpc) is 2.60. The SMILES string of the molecule is C=CC1=CC[C@H]2C(=O)C(C)=CC(=O)[C@@]2(Br)[C@H]1c1cc(OC)ccc1O. The van der Waals surface area contributed by atoms with Gasteiger partial charge in [-0.3, -0.25) is 9.59 Å². The van der Waals surface area contributed by atoms with Crippen LogP contribution in [0.4, 0.5) is 0 Å². The third-order valence-electron chi connectivity index (χ3n) is 5.06. The zero-order chi connectivity index (χ0) is 18.4. The summed E-state index contributed by atoms with van der Waals surface area (Å²) in [5, 5.41) is 10.5. The highest BCUT2D eigenvalue weighted by Crippen LogP contribution is 2.55. The summed E-state index contributed by atoms with van der Waals surface area (Å²) in [6, 6.07) is 4.88. The maximum Gasteiger partial charge on any atom is 0.174 e. The summed E-state index contributed by atoms with van der Waals surface area (Å²) in [7, 11) is 1.54. The van der Waals surface area contributed by atoms with Crippen LogP contribution in [0, 0.1) is 5.92 Å². The number of phenols is 1. The number of hydrogen-bond acceptors (Lipinski definition) is 4. The van der Waals surface area contributed by atoms with Crippen LogP contribution in [0.25, 0.3) is 0 Å². The molecule has 0 radical (unpaired) electrons. The Balaban J connectivity index is 2.26. The highest BCUT2D eigenvalue weighted by molar-refractivity contribution is 9.10. The first kappa shape index (κ1) is 17.7. The van der Waals surface area contributed by atoms with E-state index >= 15 is 0 Å². The lowest BCUT2D eigenvalue weighted by Gasteiger charge is -2.45. The fourth-order valence-corrected chi connectivity index (χ4v) is 4.77. The number of ether oxygens (including phenoxy) is 1. The summed E-state index contributed by atoms with van der Waals surface area (Å²) < 4.78 is 4.12. The Labute approximate surface area is 155 Å². The number of rotatable bonds is 3. The van der Waals surface area contributed by atoms with Gasteiger partial charge in [-0.1, -0.05) is 34.7 Å². The van der Waals surface area contributed by atoms with Gasteiger partial charge >= 0.3 is 0 Å². The van der Waals surface area contributed by atoms with E-state index < -0.39 is 16.2 Å². The van der Waals surface area contributed by atoms with Gasteiger partial charge in [-0.05, 0) is 48.8 Å². The third-order valence-corrected chi connectivity index (χ3v) is 6.46. The van der Waals surface area contributed by atoms with E-state index in [0.717, 1.165) is 5.57 Å². The molecular formula is C20H19BrO4. The molecule has 0 saturated carbocycles. The molecule has 1 aromatic carbocycles. The number of halogens is 1. The molecule has 0 aromatic heterocycles. The Hall–Kier alpha value is -2.14. The zero-order valence-electron chi connectivity index (χ0n) is 14.1. The number of ketones is 2. The molecular weight excluding hydrogens is 384 g/mol. The maximum atomic E-state index is 13.0. The smallest absolute Gasteiger partial charge is 0.174 e. The van der Waals surface area contributed by atoms with Crippen LogP contribution in [0.3, 0.4) is 0 Å². The van der Waals surface area contributed by atoms with Gasteiger partial charge in [-0.2, -0.15) is 0 Å². The number of alkyl halides is 1. The second-order valence-corrected chi connectivity index (χ2v) is 7.69. The highest BCUT2D eigenvalue weighted by atomic mass is 79.9. The Morgan fingerprint density at radius 3 is 2.76 bits per heavy atom. The van der Waals surface area contributed by atoms with Crippen molar-refractivity contribution in [3.05, 3.63) is 59.7 Å². The second-order valence-electron chi connectivity index (χ2n) is 6.38. The zero-order valence-corrected chi connectivity index (χ0v) is 15.7. The van der Waals surface area contributed by atoms with Gasteiger partial charge in [0, 0.05) is 17.4 Å². The lowest BCUT2D eigenvalue weighted by molar-refractivity contribution is -0.128. The van der Waals surface area contributed by atoms with Gasteiger partial charge in [-0.15, -0.1) is 0 Å². The van der Waals surface area contributed by atoms with E-state index in [-0.39, 0.29) is 17.3 Å². The Bertz CT molecular complexity index is 836. The number of aromatic hydroxyl groups is 1. The van der Waals surface area contributed by atoms with Gasteiger partial charge < -0.3 is 9.84 Å². The van der Waals surface area contributed by atoms with E-state index in [1.54, 1.807) is 25.1 Å². The lowest BCUT2D eigenvalue weighted by atomic mass is 9.62. The molecule has 0 spiro atoms. The van der Waals surface area contributed by atoms with Crippen molar-refractivity contribution in [1.82, 2.24) is 0 Å². The normalized spacial score (nSPS) is 28.8. The van der Waals surface area contributed by atoms with Gasteiger partial charge in [0.05, 0.1) is 7.11 Å². The molecule has 5 heteroatoms. The molecule has 0 saturated heterocycles. The second kappa shape index (κ2) is 6.30. The van der Waals surface area contributed by atoms with Crippen molar-refractivity contribution in [3.63, 3.8) is 0 Å². The van der Waals surface area contributed by atoms with Gasteiger partial charge in [0.2, 0.25) is 0 Å². The molecule has 3 rings (SSSR count). The molecule has 0 fully saturated rings. The van der Waals surface area contributed by atoms with E-state index in [1.165, 1.54) is 19.3 Å².